The minimum absolute atomic E-state index is 0.457. The quantitative estimate of drug-likeness (QED) is 0.606. The summed E-state index contributed by atoms with van der Waals surface area (Å²) in [6.45, 7) is 5.78. The van der Waals surface area contributed by atoms with E-state index in [9.17, 15) is 0 Å². The van der Waals surface area contributed by atoms with Crippen LogP contribution in [0.4, 0.5) is 0 Å². The van der Waals surface area contributed by atoms with E-state index in [4.69, 9.17) is 4.52 Å². The molecule has 0 unspecified atom stereocenters. The topological polar surface area (TPSA) is 78.6 Å². The number of nitrogens with zero attached hydrogens (tertiary/aromatic N) is 4. The number of hydrogen-bond donors (Lipinski definition) is 2. The van der Waals surface area contributed by atoms with Crippen molar-refractivity contribution in [3.05, 3.63) is 47.6 Å². The van der Waals surface area contributed by atoms with Gasteiger partial charge in [0.05, 0.1) is 0 Å². The smallest absolute Gasteiger partial charge is 0.228 e. The van der Waals surface area contributed by atoms with Gasteiger partial charge in [-0.15, -0.1) is 0 Å². The monoisotopic (exact) mass is 356 g/mol. The van der Waals surface area contributed by atoms with Crippen molar-refractivity contribution < 1.29 is 4.52 Å². The molecule has 0 atom stereocenters. The molecule has 1 saturated heterocycles. The molecule has 1 fully saturated rings. The number of nitrogens with one attached hydrogen (secondary N) is 2. The standard InChI is InChI=1S/C19H28N6O/c1-15-22-18(26-24-15)8-11-21-19(20-2)23-17-9-12-25(13-10-17)14-16-6-4-3-5-7-16/h3-7,17H,8-14H2,1-2H3,(H2,20,21,23). The number of aryl methyl sites for hydroxylation is 1. The largest absolute Gasteiger partial charge is 0.356 e. The van der Waals surface area contributed by atoms with E-state index in [2.05, 4.69) is 61.0 Å². The third-order valence-corrected chi connectivity index (χ3v) is 4.60. The summed E-state index contributed by atoms with van der Waals surface area (Å²) in [6, 6.07) is 11.1. The molecule has 7 nitrogen and oxygen atoms in total. The minimum Gasteiger partial charge on any atom is -0.356 e. The predicted molar refractivity (Wildman–Crippen MR) is 102 cm³/mol. The van der Waals surface area contributed by atoms with Crippen LogP contribution in [0.5, 0.6) is 0 Å². The molecule has 0 saturated carbocycles. The highest BCUT2D eigenvalue weighted by molar-refractivity contribution is 5.79. The molecule has 7 heteroatoms. The van der Waals surface area contributed by atoms with Crippen molar-refractivity contribution in [2.75, 3.05) is 26.7 Å². The first-order valence-corrected chi connectivity index (χ1v) is 9.25. The van der Waals surface area contributed by atoms with Gasteiger partial charge in [-0.3, -0.25) is 9.89 Å². The van der Waals surface area contributed by atoms with E-state index in [1.807, 2.05) is 6.92 Å². The molecule has 1 aliphatic rings. The van der Waals surface area contributed by atoms with Crippen molar-refractivity contribution >= 4 is 5.96 Å². The van der Waals surface area contributed by atoms with Crippen LogP contribution in [-0.4, -0.2) is 53.7 Å². The Kier molecular flexibility index (Phi) is 6.60. The van der Waals surface area contributed by atoms with Crippen LogP contribution < -0.4 is 10.6 Å². The molecule has 2 heterocycles. The number of likely N-dealkylation sites (tertiary alicyclic amines) is 1. The zero-order valence-electron chi connectivity index (χ0n) is 15.6. The van der Waals surface area contributed by atoms with Crippen LogP contribution in [0.25, 0.3) is 0 Å². The van der Waals surface area contributed by atoms with E-state index in [0.29, 0.717) is 30.7 Å². The van der Waals surface area contributed by atoms with Crippen LogP contribution in [0, 0.1) is 6.92 Å². The second-order valence-corrected chi connectivity index (χ2v) is 6.66. The van der Waals surface area contributed by atoms with Crippen molar-refractivity contribution in [2.24, 2.45) is 4.99 Å². The predicted octanol–water partition coefficient (Wildman–Crippen LogP) is 1.75. The van der Waals surface area contributed by atoms with Gasteiger partial charge in [0.25, 0.3) is 0 Å². The fourth-order valence-electron chi connectivity index (χ4n) is 3.19. The van der Waals surface area contributed by atoms with Crippen LogP contribution in [0.2, 0.25) is 0 Å². The Hall–Kier alpha value is -2.41. The lowest BCUT2D eigenvalue weighted by molar-refractivity contribution is 0.198. The van der Waals surface area contributed by atoms with Gasteiger partial charge in [0.2, 0.25) is 5.89 Å². The first kappa shape index (κ1) is 18.4. The Labute approximate surface area is 154 Å². The highest BCUT2D eigenvalue weighted by Gasteiger charge is 2.20. The lowest BCUT2D eigenvalue weighted by Crippen LogP contribution is -2.48. The highest BCUT2D eigenvalue weighted by atomic mass is 16.5. The number of aliphatic imine (C=N–C) groups is 1. The average molecular weight is 356 g/mol. The number of rotatable bonds is 6. The summed E-state index contributed by atoms with van der Waals surface area (Å²) >= 11 is 0. The van der Waals surface area contributed by atoms with E-state index in [0.717, 1.165) is 38.4 Å². The van der Waals surface area contributed by atoms with Gasteiger partial charge < -0.3 is 15.2 Å². The number of piperidine rings is 1. The van der Waals surface area contributed by atoms with Gasteiger partial charge in [-0.25, -0.2) is 0 Å². The maximum Gasteiger partial charge on any atom is 0.228 e. The molecule has 1 aromatic carbocycles. The molecule has 0 radical (unpaired) electrons. The maximum absolute atomic E-state index is 5.12. The normalized spacial score (nSPS) is 16.6. The summed E-state index contributed by atoms with van der Waals surface area (Å²) in [6.07, 6.45) is 2.93. The van der Waals surface area contributed by atoms with Gasteiger partial charge in [0.1, 0.15) is 0 Å². The van der Waals surface area contributed by atoms with Crippen molar-refractivity contribution in [1.82, 2.24) is 25.7 Å². The lowest BCUT2D eigenvalue weighted by atomic mass is 10.0. The minimum atomic E-state index is 0.457. The summed E-state index contributed by atoms with van der Waals surface area (Å²) in [7, 11) is 1.80. The molecule has 0 amide bonds. The maximum atomic E-state index is 5.12. The molecule has 140 valence electrons. The lowest BCUT2D eigenvalue weighted by Gasteiger charge is -2.33. The summed E-state index contributed by atoms with van der Waals surface area (Å²) in [5, 5.41) is 10.7. The molecule has 0 spiro atoms. The van der Waals surface area contributed by atoms with Crippen LogP contribution in [0.1, 0.15) is 30.1 Å². The van der Waals surface area contributed by atoms with E-state index in [-0.39, 0.29) is 0 Å². The molecule has 1 aliphatic heterocycles. The van der Waals surface area contributed by atoms with E-state index in [1.165, 1.54) is 5.56 Å². The van der Waals surface area contributed by atoms with Crippen LogP contribution in [-0.2, 0) is 13.0 Å². The molecule has 2 N–H and O–H groups in total. The van der Waals surface area contributed by atoms with Crippen molar-refractivity contribution in [3.63, 3.8) is 0 Å². The first-order chi connectivity index (χ1) is 12.7. The third-order valence-electron chi connectivity index (χ3n) is 4.60. The van der Waals surface area contributed by atoms with Crippen LogP contribution in [0.15, 0.2) is 39.8 Å². The Morgan fingerprint density at radius 3 is 2.69 bits per heavy atom. The zero-order chi connectivity index (χ0) is 18.2. The van der Waals surface area contributed by atoms with Crippen molar-refractivity contribution in [1.29, 1.82) is 0 Å². The average Bonchev–Trinajstić information content (AvgIpc) is 3.08. The Morgan fingerprint density at radius 2 is 2.04 bits per heavy atom. The molecular weight excluding hydrogens is 328 g/mol. The fourth-order valence-corrected chi connectivity index (χ4v) is 3.19. The zero-order valence-corrected chi connectivity index (χ0v) is 15.6. The van der Waals surface area contributed by atoms with Gasteiger partial charge in [0, 0.05) is 45.7 Å². The van der Waals surface area contributed by atoms with E-state index < -0.39 is 0 Å². The Morgan fingerprint density at radius 1 is 1.27 bits per heavy atom. The molecule has 0 aliphatic carbocycles. The molecule has 0 bridgehead atoms. The third kappa shape index (κ3) is 5.56. The van der Waals surface area contributed by atoms with Gasteiger partial charge in [-0.1, -0.05) is 35.5 Å². The summed E-state index contributed by atoms with van der Waals surface area (Å²) < 4.78 is 5.12. The summed E-state index contributed by atoms with van der Waals surface area (Å²) in [5.74, 6) is 2.16. The Balaban J connectivity index is 1.37. The van der Waals surface area contributed by atoms with Gasteiger partial charge >= 0.3 is 0 Å². The first-order valence-electron chi connectivity index (χ1n) is 9.25. The van der Waals surface area contributed by atoms with Crippen molar-refractivity contribution in [2.45, 2.75) is 38.8 Å². The molecular formula is C19H28N6O. The van der Waals surface area contributed by atoms with E-state index in [1.54, 1.807) is 7.05 Å². The number of guanidine groups is 1. The molecule has 1 aromatic heterocycles. The highest BCUT2D eigenvalue weighted by Crippen LogP contribution is 2.13. The van der Waals surface area contributed by atoms with Crippen LogP contribution >= 0.6 is 0 Å². The second-order valence-electron chi connectivity index (χ2n) is 6.66. The summed E-state index contributed by atoms with van der Waals surface area (Å²) in [4.78, 5) is 11.0. The number of benzene rings is 1. The molecule has 2 aromatic rings. The molecule has 26 heavy (non-hydrogen) atoms. The number of aromatic nitrogens is 2. The summed E-state index contributed by atoms with van der Waals surface area (Å²) in [5.41, 5.74) is 1.38. The van der Waals surface area contributed by atoms with Crippen LogP contribution in [0.3, 0.4) is 0 Å². The SMILES string of the molecule is CN=C(NCCc1nc(C)no1)NC1CCN(Cc2ccccc2)CC1. The molecule has 3 rings (SSSR count). The van der Waals surface area contributed by atoms with E-state index >= 15 is 0 Å². The van der Waals surface area contributed by atoms with Gasteiger partial charge in [0.15, 0.2) is 11.8 Å². The van der Waals surface area contributed by atoms with Crippen molar-refractivity contribution in [3.8, 4) is 0 Å². The fraction of sp³-hybridized carbons (Fsp3) is 0.526. The Bertz CT molecular complexity index is 691. The van der Waals surface area contributed by atoms with Gasteiger partial charge in [-0.05, 0) is 25.3 Å². The van der Waals surface area contributed by atoms with Gasteiger partial charge in [-0.2, -0.15) is 4.98 Å². The number of hydrogen-bond acceptors (Lipinski definition) is 5. The second kappa shape index (κ2) is 9.33.